The van der Waals surface area contributed by atoms with Crippen molar-refractivity contribution in [1.82, 2.24) is 0 Å². The number of rotatable bonds is 4. The van der Waals surface area contributed by atoms with Crippen LogP contribution in [0, 0.1) is 3.57 Å². The number of hydrogen-bond donors (Lipinski definition) is 0. The molecule has 0 bridgehead atoms. The Balaban J connectivity index is 1.87. The van der Waals surface area contributed by atoms with Crippen molar-refractivity contribution in [2.24, 2.45) is 0 Å². The van der Waals surface area contributed by atoms with Crippen molar-refractivity contribution in [2.45, 2.75) is 37.4 Å². The monoisotopic (exact) mass is 360 g/mol. The fourth-order valence-corrected chi connectivity index (χ4v) is 4.09. The van der Waals surface area contributed by atoms with Gasteiger partial charge in [-0.25, -0.2) is 0 Å². The normalized spacial score (nSPS) is 17.0. The van der Waals surface area contributed by atoms with E-state index in [1.54, 1.807) is 0 Å². The minimum absolute atomic E-state index is 0.283. The molecule has 17 heavy (non-hydrogen) atoms. The lowest BCUT2D eigenvalue weighted by Gasteiger charge is -2.20. The summed E-state index contributed by atoms with van der Waals surface area (Å²) in [6.45, 7) is 0. The average molecular weight is 360 g/mol. The highest BCUT2D eigenvalue weighted by atomic mass is 127. The van der Waals surface area contributed by atoms with E-state index < -0.39 is 0 Å². The van der Waals surface area contributed by atoms with E-state index in [1.165, 1.54) is 32.1 Å². The van der Waals surface area contributed by atoms with Crippen molar-refractivity contribution in [3.05, 3.63) is 33.4 Å². The lowest BCUT2D eigenvalue weighted by Crippen LogP contribution is -2.12. The molecular formula is C14H17IOS. The second-order valence-corrected chi connectivity index (χ2v) is 6.92. The van der Waals surface area contributed by atoms with E-state index in [0.29, 0.717) is 11.0 Å². The Kier molecular flexibility index (Phi) is 5.35. The maximum absolute atomic E-state index is 12.1. The van der Waals surface area contributed by atoms with Gasteiger partial charge >= 0.3 is 0 Å². The van der Waals surface area contributed by atoms with Gasteiger partial charge in [-0.15, -0.1) is 0 Å². The van der Waals surface area contributed by atoms with Crippen LogP contribution in [-0.4, -0.2) is 16.8 Å². The third-order valence-corrected chi connectivity index (χ3v) is 5.49. The molecule has 2 rings (SSSR count). The number of carbonyl (C=O) groups is 1. The molecule has 1 saturated carbocycles. The second-order valence-electron chi connectivity index (χ2n) is 4.47. The predicted molar refractivity (Wildman–Crippen MR) is 82.8 cm³/mol. The zero-order valence-electron chi connectivity index (χ0n) is 9.82. The first-order valence-electron chi connectivity index (χ1n) is 6.16. The summed E-state index contributed by atoms with van der Waals surface area (Å²) in [5, 5.41) is 0.717. The zero-order chi connectivity index (χ0) is 12.1. The Labute approximate surface area is 121 Å². The van der Waals surface area contributed by atoms with Crippen LogP contribution in [0.2, 0.25) is 0 Å². The maximum Gasteiger partial charge on any atom is 0.173 e. The molecule has 1 aliphatic carbocycles. The van der Waals surface area contributed by atoms with Gasteiger partial charge in [-0.05, 0) is 41.5 Å². The van der Waals surface area contributed by atoms with Crippen LogP contribution in [0.15, 0.2) is 24.3 Å². The van der Waals surface area contributed by atoms with Gasteiger partial charge in [-0.3, -0.25) is 4.79 Å². The van der Waals surface area contributed by atoms with Crippen LogP contribution in [0.4, 0.5) is 0 Å². The Bertz CT molecular complexity index is 386. The van der Waals surface area contributed by atoms with E-state index in [9.17, 15) is 4.79 Å². The van der Waals surface area contributed by atoms with Crippen molar-refractivity contribution < 1.29 is 4.79 Å². The molecule has 0 heterocycles. The first kappa shape index (κ1) is 13.4. The lowest BCUT2D eigenvalue weighted by molar-refractivity contribution is 0.102. The van der Waals surface area contributed by atoms with E-state index in [-0.39, 0.29) is 5.78 Å². The van der Waals surface area contributed by atoms with Crippen LogP contribution in [0.3, 0.4) is 0 Å². The summed E-state index contributed by atoms with van der Waals surface area (Å²) >= 11 is 4.10. The van der Waals surface area contributed by atoms with Crippen molar-refractivity contribution in [2.75, 3.05) is 5.75 Å². The van der Waals surface area contributed by atoms with E-state index in [2.05, 4.69) is 22.6 Å². The van der Waals surface area contributed by atoms with Crippen molar-refractivity contribution in [3.8, 4) is 0 Å². The van der Waals surface area contributed by atoms with Gasteiger partial charge in [0, 0.05) is 14.4 Å². The average Bonchev–Trinajstić information content (AvgIpc) is 2.38. The number of thioether (sulfide) groups is 1. The highest BCUT2D eigenvalue weighted by Crippen LogP contribution is 2.28. The summed E-state index contributed by atoms with van der Waals surface area (Å²) < 4.78 is 1.07. The summed E-state index contributed by atoms with van der Waals surface area (Å²) in [4.78, 5) is 12.1. The molecule has 1 aromatic carbocycles. The summed E-state index contributed by atoms with van der Waals surface area (Å²) in [6.07, 6.45) is 6.65. The van der Waals surface area contributed by atoms with Gasteiger partial charge in [0.2, 0.25) is 0 Å². The van der Waals surface area contributed by atoms with Crippen LogP contribution in [0.5, 0.6) is 0 Å². The number of Topliss-reactive ketones (excluding diaryl/α,β-unsaturated/α-hetero) is 1. The molecule has 1 aliphatic rings. The molecule has 0 atom stereocenters. The smallest absolute Gasteiger partial charge is 0.173 e. The number of ketones is 1. The molecule has 0 amide bonds. The number of halogens is 1. The van der Waals surface area contributed by atoms with Crippen LogP contribution in [0.25, 0.3) is 0 Å². The van der Waals surface area contributed by atoms with Crippen LogP contribution in [0.1, 0.15) is 42.5 Å². The minimum atomic E-state index is 0.283. The molecule has 0 aliphatic heterocycles. The molecule has 0 spiro atoms. The Morgan fingerprint density at radius 3 is 2.65 bits per heavy atom. The number of hydrogen-bond acceptors (Lipinski definition) is 2. The predicted octanol–water partition coefficient (Wildman–Crippen LogP) is 4.54. The van der Waals surface area contributed by atoms with E-state index in [4.69, 9.17) is 0 Å². The van der Waals surface area contributed by atoms with E-state index in [0.717, 1.165) is 9.13 Å². The number of carbonyl (C=O) groups excluding carboxylic acids is 1. The van der Waals surface area contributed by atoms with Gasteiger partial charge in [0.25, 0.3) is 0 Å². The topological polar surface area (TPSA) is 17.1 Å². The first-order valence-corrected chi connectivity index (χ1v) is 8.29. The van der Waals surface area contributed by atoms with Crippen molar-refractivity contribution in [3.63, 3.8) is 0 Å². The molecule has 1 fully saturated rings. The highest BCUT2D eigenvalue weighted by molar-refractivity contribution is 14.1. The van der Waals surface area contributed by atoms with Gasteiger partial charge in [0.1, 0.15) is 0 Å². The van der Waals surface area contributed by atoms with E-state index >= 15 is 0 Å². The third kappa shape index (κ3) is 3.98. The minimum Gasteiger partial charge on any atom is -0.293 e. The summed E-state index contributed by atoms with van der Waals surface area (Å²) in [5.41, 5.74) is 0.886. The van der Waals surface area contributed by atoms with Gasteiger partial charge in [0.05, 0.1) is 5.75 Å². The van der Waals surface area contributed by atoms with Gasteiger partial charge in [0.15, 0.2) is 5.78 Å². The standard InChI is InChI=1S/C14H17IOS/c15-13-9-5-4-8-12(13)14(16)10-17-11-6-2-1-3-7-11/h4-5,8-9,11H,1-3,6-7,10H2. The van der Waals surface area contributed by atoms with Crippen LogP contribution in [-0.2, 0) is 0 Å². The summed E-state index contributed by atoms with van der Waals surface area (Å²) in [7, 11) is 0. The lowest BCUT2D eigenvalue weighted by atomic mass is 10.0. The largest absolute Gasteiger partial charge is 0.293 e. The molecule has 92 valence electrons. The quantitative estimate of drug-likeness (QED) is 0.579. The fourth-order valence-electron chi connectivity index (χ4n) is 2.19. The number of benzene rings is 1. The first-order chi connectivity index (χ1) is 8.27. The molecule has 1 nitrogen and oxygen atoms in total. The SMILES string of the molecule is O=C(CSC1CCCCC1)c1ccccc1I. The van der Waals surface area contributed by atoms with Gasteiger partial charge in [-0.2, -0.15) is 11.8 Å². The Morgan fingerprint density at radius 1 is 1.24 bits per heavy atom. The molecule has 0 saturated heterocycles. The van der Waals surface area contributed by atoms with Gasteiger partial charge in [-0.1, -0.05) is 37.5 Å². The Morgan fingerprint density at radius 2 is 1.94 bits per heavy atom. The van der Waals surface area contributed by atoms with Crippen LogP contribution < -0.4 is 0 Å². The summed E-state index contributed by atoms with van der Waals surface area (Å²) in [5.74, 6) is 0.926. The van der Waals surface area contributed by atoms with Crippen molar-refractivity contribution >= 4 is 40.1 Å². The van der Waals surface area contributed by atoms with Gasteiger partial charge < -0.3 is 0 Å². The Hall–Kier alpha value is -0.0300. The second kappa shape index (κ2) is 6.78. The van der Waals surface area contributed by atoms with Crippen LogP contribution >= 0.6 is 34.4 Å². The zero-order valence-corrected chi connectivity index (χ0v) is 12.8. The molecule has 0 N–H and O–H groups in total. The molecular weight excluding hydrogens is 343 g/mol. The maximum atomic E-state index is 12.1. The molecule has 0 radical (unpaired) electrons. The van der Waals surface area contributed by atoms with Crippen molar-refractivity contribution in [1.29, 1.82) is 0 Å². The van der Waals surface area contributed by atoms with E-state index in [1.807, 2.05) is 36.0 Å². The fraction of sp³-hybridized carbons (Fsp3) is 0.500. The molecule has 0 aromatic heterocycles. The molecule has 3 heteroatoms. The summed E-state index contributed by atoms with van der Waals surface area (Å²) in [6, 6.07) is 7.86. The molecule has 1 aromatic rings. The molecule has 0 unspecified atom stereocenters. The highest BCUT2D eigenvalue weighted by Gasteiger charge is 2.16. The third-order valence-electron chi connectivity index (χ3n) is 3.18.